The minimum absolute atomic E-state index is 0.0404. The molecular weight excluding hydrogens is 399 g/mol. The molecule has 1 aromatic carbocycles. The molecule has 2 bridgehead atoms. The van der Waals surface area contributed by atoms with Gasteiger partial charge in [-0.3, -0.25) is 4.90 Å². The lowest BCUT2D eigenvalue weighted by Gasteiger charge is -2.50. The van der Waals surface area contributed by atoms with E-state index >= 15 is 4.39 Å². The van der Waals surface area contributed by atoms with E-state index in [-0.39, 0.29) is 17.2 Å². The van der Waals surface area contributed by atoms with Crippen LogP contribution in [0.4, 0.5) is 4.39 Å². The molecule has 4 heterocycles. The first-order valence-corrected chi connectivity index (χ1v) is 10.1. The van der Waals surface area contributed by atoms with Gasteiger partial charge in [-0.1, -0.05) is 17.4 Å². The first-order valence-electron chi connectivity index (χ1n) is 10.1. The Hall–Kier alpha value is -3.33. The summed E-state index contributed by atoms with van der Waals surface area (Å²) in [6, 6.07) is 8.46. The van der Waals surface area contributed by atoms with E-state index in [1.165, 1.54) is 0 Å². The molecular formula is C22H23FN6O2. The number of ether oxygens (including phenoxy) is 1. The Kier molecular flexibility index (Phi) is 4.33. The number of halogens is 1. The predicted molar refractivity (Wildman–Crippen MR) is 112 cm³/mol. The number of fused-ring (bicyclic) bond motifs is 2. The second-order valence-corrected chi connectivity index (χ2v) is 8.54. The Bertz CT molecular complexity index is 1140. The number of phenols is 1. The summed E-state index contributed by atoms with van der Waals surface area (Å²) in [5.41, 5.74) is 0.715. The van der Waals surface area contributed by atoms with Gasteiger partial charge in [0.15, 0.2) is 6.17 Å². The Morgan fingerprint density at radius 1 is 1.16 bits per heavy atom. The van der Waals surface area contributed by atoms with Gasteiger partial charge in [0.25, 0.3) is 0 Å². The smallest absolute Gasteiger partial charge is 0.233 e. The molecule has 0 unspecified atom stereocenters. The van der Waals surface area contributed by atoms with Crippen LogP contribution < -0.4 is 4.74 Å². The van der Waals surface area contributed by atoms with E-state index in [0.717, 1.165) is 0 Å². The summed E-state index contributed by atoms with van der Waals surface area (Å²) in [6.07, 6.45) is 5.93. The van der Waals surface area contributed by atoms with Gasteiger partial charge in [-0.25, -0.2) is 9.07 Å². The number of aromatic hydroxyl groups is 1. The highest BCUT2D eigenvalue weighted by Crippen LogP contribution is 2.46. The molecule has 0 aliphatic carbocycles. The number of benzene rings is 1. The molecule has 9 heteroatoms. The summed E-state index contributed by atoms with van der Waals surface area (Å²) >= 11 is 0. The second-order valence-electron chi connectivity index (χ2n) is 8.54. The third-order valence-corrected chi connectivity index (χ3v) is 6.62. The molecule has 8 nitrogen and oxygen atoms in total. The lowest BCUT2D eigenvalue weighted by atomic mass is 9.81. The maximum Gasteiger partial charge on any atom is 0.233 e. The van der Waals surface area contributed by atoms with Crippen molar-refractivity contribution in [3.8, 4) is 28.6 Å². The minimum Gasteiger partial charge on any atom is -0.507 e. The zero-order valence-corrected chi connectivity index (χ0v) is 17.5. The number of phenolic OH excluding ortho intramolecular Hbond substituents is 1. The molecule has 31 heavy (non-hydrogen) atoms. The van der Waals surface area contributed by atoms with Gasteiger partial charge in [0.2, 0.25) is 5.88 Å². The van der Waals surface area contributed by atoms with E-state index in [9.17, 15) is 5.11 Å². The maximum absolute atomic E-state index is 15.3. The summed E-state index contributed by atoms with van der Waals surface area (Å²) < 4.78 is 22.7. The van der Waals surface area contributed by atoms with Gasteiger partial charge in [0.05, 0.1) is 29.3 Å². The number of alkyl halides is 1. The van der Waals surface area contributed by atoms with E-state index in [1.807, 2.05) is 20.0 Å². The van der Waals surface area contributed by atoms with Crippen molar-refractivity contribution in [2.24, 2.45) is 0 Å². The molecule has 1 saturated heterocycles. The SMILES string of the molecule is CN1[C@@]2(C)C=C[C@]1(C)[C@H](F)[C@@H](Oc1ccc(-c3ccc(-n4ccnn4)cc3O)nn1)C2. The quantitative estimate of drug-likeness (QED) is 0.647. The van der Waals surface area contributed by atoms with Crippen molar-refractivity contribution in [3.05, 3.63) is 54.9 Å². The lowest BCUT2D eigenvalue weighted by Crippen LogP contribution is -2.64. The molecule has 0 radical (unpaired) electrons. The molecule has 0 spiro atoms. The highest BCUT2D eigenvalue weighted by atomic mass is 19.1. The lowest BCUT2D eigenvalue weighted by molar-refractivity contribution is -0.0779. The molecule has 3 aromatic rings. The van der Waals surface area contributed by atoms with E-state index in [2.05, 4.69) is 38.4 Å². The summed E-state index contributed by atoms with van der Waals surface area (Å²) in [6.45, 7) is 3.97. The molecule has 160 valence electrons. The highest BCUT2D eigenvalue weighted by Gasteiger charge is 2.57. The van der Waals surface area contributed by atoms with E-state index in [0.29, 0.717) is 23.4 Å². The van der Waals surface area contributed by atoms with Crippen molar-refractivity contribution in [2.45, 2.75) is 43.6 Å². The zero-order chi connectivity index (χ0) is 21.8. The van der Waals surface area contributed by atoms with E-state index in [4.69, 9.17) is 4.74 Å². The fourth-order valence-electron chi connectivity index (χ4n) is 4.50. The minimum atomic E-state index is -1.20. The van der Waals surface area contributed by atoms with Crippen LogP contribution in [-0.2, 0) is 0 Å². The number of aromatic nitrogens is 5. The predicted octanol–water partition coefficient (Wildman–Crippen LogP) is 2.94. The van der Waals surface area contributed by atoms with Crippen LogP contribution in [0.5, 0.6) is 11.6 Å². The Balaban J connectivity index is 1.34. The molecule has 4 atom stereocenters. The van der Waals surface area contributed by atoms with Crippen molar-refractivity contribution in [3.63, 3.8) is 0 Å². The molecule has 2 aliphatic rings. The van der Waals surface area contributed by atoms with Crippen molar-refractivity contribution >= 4 is 0 Å². The third kappa shape index (κ3) is 3.07. The van der Waals surface area contributed by atoms with E-state index < -0.39 is 17.8 Å². The molecule has 0 amide bonds. The van der Waals surface area contributed by atoms with Crippen molar-refractivity contribution in [1.82, 2.24) is 30.1 Å². The number of likely N-dealkylation sites (N-methyl/N-ethyl adjacent to an activating group) is 1. The van der Waals surface area contributed by atoms with Crippen LogP contribution in [0.2, 0.25) is 0 Å². The normalized spacial score (nSPS) is 29.9. The highest BCUT2D eigenvalue weighted by molar-refractivity contribution is 5.68. The van der Waals surface area contributed by atoms with Crippen LogP contribution in [0.3, 0.4) is 0 Å². The second kappa shape index (κ2) is 6.84. The molecule has 2 aliphatic heterocycles. The molecule has 0 saturated carbocycles. The average molecular weight is 422 g/mol. The molecule has 2 aromatic heterocycles. The molecule has 5 rings (SSSR count). The summed E-state index contributed by atoms with van der Waals surface area (Å²) in [5, 5.41) is 26.4. The van der Waals surface area contributed by atoms with Gasteiger partial charge < -0.3 is 9.84 Å². The first kappa shape index (κ1) is 19.6. The zero-order valence-electron chi connectivity index (χ0n) is 17.5. The fourth-order valence-corrected chi connectivity index (χ4v) is 4.50. The van der Waals surface area contributed by atoms with Crippen LogP contribution in [0.15, 0.2) is 54.9 Å². The Morgan fingerprint density at radius 3 is 2.68 bits per heavy atom. The number of hydrogen-bond acceptors (Lipinski definition) is 7. The summed E-state index contributed by atoms with van der Waals surface area (Å²) in [4.78, 5) is 2.06. The molecule has 1 fully saturated rings. The number of piperidine rings is 1. The third-order valence-electron chi connectivity index (χ3n) is 6.62. The largest absolute Gasteiger partial charge is 0.507 e. The Morgan fingerprint density at radius 2 is 2.00 bits per heavy atom. The van der Waals surface area contributed by atoms with Gasteiger partial charge in [-0.05, 0) is 39.1 Å². The molecule has 1 N–H and O–H groups in total. The average Bonchev–Trinajstić information content (AvgIpc) is 3.35. The topological polar surface area (TPSA) is 89.2 Å². The standard InChI is InChI=1S/C22H23FN6O2/c1-21-8-9-22(2,28(21)3)20(23)18(13-21)31-19-7-6-16(25-26-19)15-5-4-14(12-17(15)30)29-11-10-24-27-29/h4-12,18,20,30H,13H2,1-3H3/t18-,20+,21-,22+/m0/s1. The van der Waals surface area contributed by atoms with Gasteiger partial charge in [-0.15, -0.1) is 15.3 Å². The maximum atomic E-state index is 15.3. The van der Waals surface area contributed by atoms with Gasteiger partial charge in [-0.2, -0.15) is 0 Å². The van der Waals surface area contributed by atoms with Crippen LogP contribution in [0.25, 0.3) is 16.9 Å². The first-order chi connectivity index (χ1) is 14.8. The van der Waals surface area contributed by atoms with Crippen LogP contribution in [0.1, 0.15) is 20.3 Å². The van der Waals surface area contributed by atoms with Gasteiger partial charge >= 0.3 is 0 Å². The van der Waals surface area contributed by atoms with Gasteiger partial charge in [0, 0.05) is 29.7 Å². The van der Waals surface area contributed by atoms with E-state index in [1.54, 1.807) is 47.4 Å². The van der Waals surface area contributed by atoms with Crippen molar-refractivity contribution in [1.29, 1.82) is 0 Å². The van der Waals surface area contributed by atoms with Crippen LogP contribution in [-0.4, -0.2) is 65.6 Å². The monoisotopic (exact) mass is 422 g/mol. The van der Waals surface area contributed by atoms with Crippen LogP contribution >= 0.6 is 0 Å². The summed E-state index contributed by atoms with van der Waals surface area (Å²) in [5.74, 6) is 0.296. The van der Waals surface area contributed by atoms with Crippen molar-refractivity contribution in [2.75, 3.05) is 7.05 Å². The number of hydrogen-bond donors (Lipinski definition) is 1. The summed E-state index contributed by atoms with van der Waals surface area (Å²) in [7, 11) is 1.94. The number of rotatable bonds is 4. The van der Waals surface area contributed by atoms with Crippen molar-refractivity contribution < 1.29 is 14.2 Å². The number of nitrogens with zero attached hydrogens (tertiary/aromatic N) is 6. The Labute approximate surface area is 179 Å². The fraction of sp³-hybridized carbons (Fsp3) is 0.364. The van der Waals surface area contributed by atoms with Gasteiger partial charge in [0.1, 0.15) is 11.9 Å². The van der Waals surface area contributed by atoms with Crippen LogP contribution in [0, 0.1) is 0 Å².